The maximum atomic E-state index is 12.9. The molecule has 2 aromatic carbocycles. The van der Waals surface area contributed by atoms with Crippen molar-refractivity contribution in [1.29, 1.82) is 0 Å². The highest BCUT2D eigenvalue weighted by Crippen LogP contribution is 2.33. The molecule has 0 unspecified atom stereocenters. The molecule has 0 bridgehead atoms. The van der Waals surface area contributed by atoms with Gasteiger partial charge in [-0.05, 0) is 38.1 Å². The Balaban J connectivity index is 1.95. The molecule has 5 nitrogen and oxygen atoms in total. The topological polar surface area (TPSA) is 67.8 Å². The van der Waals surface area contributed by atoms with Crippen LogP contribution in [0, 0.1) is 6.92 Å². The van der Waals surface area contributed by atoms with E-state index in [9.17, 15) is 9.90 Å². The fourth-order valence-electron chi connectivity index (χ4n) is 2.56. The zero-order chi connectivity index (χ0) is 18.0. The van der Waals surface area contributed by atoms with E-state index in [2.05, 4.69) is 5.32 Å². The Morgan fingerprint density at radius 1 is 1.32 bits per heavy atom. The number of Topliss-reactive ketones (excluding diaryl/α,β-unsaturated/α-hetero) is 1. The van der Waals surface area contributed by atoms with Gasteiger partial charge in [0.25, 0.3) is 0 Å². The Morgan fingerprint density at radius 2 is 2.12 bits per heavy atom. The third-order valence-electron chi connectivity index (χ3n) is 3.79. The minimum atomic E-state index is -0.811. The molecular formula is C19H18ClNO4. The number of nitrogens with one attached hydrogen (secondary N) is 1. The normalized spacial score (nSPS) is 18.0. The summed E-state index contributed by atoms with van der Waals surface area (Å²) in [5.74, 6) is 0.308. The number of phenols is 1. The zero-order valence-corrected chi connectivity index (χ0v) is 14.6. The van der Waals surface area contributed by atoms with Crippen molar-refractivity contribution in [1.82, 2.24) is 0 Å². The van der Waals surface area contributed by atoms with E-state index < -0.39 is 6.29 Å². The van der Waals surface area contributed by atoms with Crippen molar-refractivity contribution in [2.75, 3.05) is 11.9 Å². The number of aryl methyl sites for hydroxylation is 1. The number of ether oxygens (including phenoxy) is 2. The third kappa shape index (κ3) is 3.62. The molecule has 0 saturated heterocycles. The highest BCUT2D eigenvalue weighted by Gasteiger charge is 2.32. The Bertz CT molecular complexity index is 847. The van der Waals surface area contributed by atoms with Gasteiger partial charge in [-0.15, -0.1) is 0 Å². The minimum absolute atomic E-state index is 0.0160. The Hall–Kier alpha value is -2.50. The second kappa shape index (κ2) is 7.17. The van der Waals surface area contributed by atoms with Crippen LogP contribution < -0.4 is 10.1 Å². The second-order valence-electron chi connectivity index (χ2n) is 5.64. The fraction of sp³-hybridized carbons (Fsp3) is 0.211. The number of carbonyl (C=O) groups excluding carboxylic acids is 1. The first-order chi connectivity index (χ1) is 12.0. The summed E-state index contributed by atoms with van der Waals surface area (Å²) in [6.45, 7) is 4.13. The van der Waals surface area contributed by atoms with E-state index in [0.29, 0.717) is 34.2 Å². The SMILES string of the molecule is CCO[C@H]1Oc2ccc(C)cc2C(=O)/C1=C/Nc1ccc(Cl)cc1O. The van der Waals surface area contributed by atoms with Crippen LogP contribution in [0.1, 0.15) is 22.8 Å². The van der Waals surface area contributed by atoms with Gasteiger partial charge in [-0.3, -0.25) is 4.79 Å². The summed E-state index contributed by atoms with van der Waals surface area (Å²) in [5.41, 5.74) is 2.21. The number of ketones is 1. The number of aromatic hydroxyl groups is 1. The molecule has 0 aliphatic carbocycles. The molecule has 25 heavy (non-hydrogen) atoms. The molecule has 0 aromatic heterocycles. The quantitative estimate of drug-likeness (QED) is 0.629. The van der Waals surface area contributed by atoms with Gasteiger partial charge in [-0.1, -0.05) is 23.2 Å². The maximum absolute atomic E-state index is 12.9. The highest BCUT2D eigenvalue weighted by molar-refractivity contribution is 6.30. The number of phenolic OH excluding ortho intramolecular Hbond substituents is 1. The average molecular weight is 360 g/mol. The number of halogens is 1. The van der Waals surface area contributed by atoms with E-state index in [0.717, 1.165) is 5.56 Å². The molecular weight excluding hydrogens is 342 g/mol. The largest absolute Gasteiger partial charge is 0.506 e. The molecule has 6 heteroatoms. The number of benzene rings is 2. The Morgan fingerprint density at radius 3 is 2.84 bits per heavy atom. The molecule has 0 spiro atoms. The summed E-state index contributed by atoms with van der Waals surface area (Å²) in [6.07, 6.45) is 0.686. The molecule has 3 rings (SSSR count). The predicted octanol–water partition coefficient (Wildman–Crippen LogP) is 4.29. The lowest BCUT2D eigenvalue weighted by Gasteiger charge is -2.27. The molecule has 0 amide bonds. The van der Waals surface area contributed by atoms with Crippen LogP contribution in [0.4, 0.5) is 5.69 Å². The van der Waals surface area contributed by atoms with Crippen molar-refractivity contribution >= 4 is 23.1 Å². The fourth-order valence-corrected chi connectivity index (χ4v) is 2.72. The third-order valence-corrected chi connectivity index (χ3v) is 4.03. The number of fused-ring (bicyclic) bond motifs is 1. The number of anilines is 1. The second-order valence-corrected chi connectivity index (χ2v) is 6.08. The van der Waals surface area contributed by atoms with E-state index in [-0.39, 0.29) is 11.5 Å². The summed E-state index contributed by atoms with van der Waals surface area (Å²) in [7, 11) is 0. The first-order valence-corrected chi connectivity index (χ1v) is 8.26. The predicted molar refractivity (Wildman–Crippen MR) is 96.4 cm³/mol. The summed E-state index contributed by atoms with van der Waals surface area (Å²) >= 11 is 5.83. The molecule has 0 fully saturated rings. The van der Waals surface area contributed by atoms with Crippen LogP contribution >= 0.6 is 11.6 Å². The standard InChI is InChI=1S/C19H18ClNO4/c1-3-24-19-14(10-21-15-6-5-12(20)9-16(15)22)18(23)13-8-11(2)4-7-17(13)25-19/h4-10,19,21-22H,3H2,1-2H3/b14-10-/t19-/m0/s1. The van der Waals surface area contributed by atoms with Crippen LogP contribution in [0.25, 0.3) is 0 Å². The van der Waals surface area contributed by atoms with Gasteiger partial charge in [0.15, 0.2) is 5.78 Å². The van der Waals surface area contributed by atoms with Gasteiger partial charge < -0.3 is 19.9 Å². The van der Waals surface area contributed by atoms with Gasteiger partial charge in [0.05, 0.1) is 16.8 Å². The average Bonchev–Trinajstić information content (AvgIpc) is 2.57. The van der Waals surface area contributed by atoms with Gasteiger partial charge in [-0.2, -0.15) is 0 Å². The molecule has 1 aliphatic heterocycles. The molecule has 130 valence electrons. The van der Waals surface area contributed by atoms with Gasteiger partial charge in [0.2, 0.25) is 6.29 Å². The van der Waals surface area contributed by atoms with Crippen LogP contribution in [0.15, 0.2) is 48.2 Å². The molecule has 1 aliphatic rings. The monoisotopic (exact) mass is 359 g/mol. The Kier molecular flexibility index (Phi) is 4.97. The minimum Gasteiger partial charge on any atom is -0.506 e. The number of hydrogen-bond donors (Lipinski definition) is 2. The lowest BCUT2D eigenvalue weighted by Crippen LogP contribution is -2.33. The van der Waals surface area contributed by atoms with Gasteiger partial charge in [0, 0.05) is 23.9 Å². The van der Waals surface area contributed by atoms with Crippen LogP contribution in [-0.4, -0.2) is 23.8 Å². The molecule has 0 saturated carbocycles. The zero-order valence-electron chi connectivity index (χ0n) is 13.9. The lowest BCUT2D eigenvalue weighted by molar-refractivity contribution is -0.0509. The van der Waals surface area contributed by atoms with Gasteiger partial charge in [0.1, 0.15) is 11.5 Å². The van der Waals surface area contributed by atoms with Crippen molar-refractivity contribution < 1.29 is 19.4 Å². The van der Waals surface area contributed by atoms with E-state index in [1.165, 1.54) is 12.3 Å². The van der Waals surface area contributed by atoms with Gasteiger partial charge >= 0.3 is 0 Å². The summed E-state index contributed by atoms with van der Waals surface area (Å²) in [5, 5.41) is 13.3. The van der Waals surface area contributed by atoms with Crippen LogP contribution in [-0.2, 0) is 4.74 Å². The molecule has 2 aromatic rings. The smallest absolute Gasteiger partial charge is 0.232 e. The summed E-state index contributed by atoms with van der Waals surface area (Å²) < 4.78 is 11.4. The summed E-state index contributed by atoms with van der Waals surface area (Å²) in [6, 6.07) is 10.1. The van der Waals surface area contributed by atoms with E-state index in [4.69, 9.17) is 21.1 Å². The van der Waals surface area contributed by atoms with Gasteiger partial charge in [-0.25, -0.2) is 0 Å². The molecule has 0 radical (unpaired) electrons. The molecule has 1 atom stereocenters. The number of rotatable bonds is 4. The van der Waals surface area contributed by atoms with E-state index in [1.54, 1.807) is 24.3 Å². The number of hydrogen-bond acceptors (Lipinski definition) is 5. The van der Waals surface area contributed by atoms with Crippen LogP contribution in [0.3, 0.4) is 0 Å². The molecule has 1 heterocycles. The summed E-state index contributed by atoms with van der Waals surface area (Å²) in [4.78, 5) is 12.9. The number of carbonyl (C=O) groups is 1. The van der Waals surface area contributed by atoms with E-state index in [1.807, 2.05) is 19.9 Å². The first kappa shape index (κ1) is 17.3. The lowest BCUT2D eigenvalue weighted by atomic mass is 9.98. The van der Waals surface area contributed by atoms with Crippen molar-refractivity contribution in [2.45, 2.75) is 20.1 Å². The van der Waals surface area contributed by atoms with Crippen LogP contribution in [0.5, 0.6) is 11.5 Å². The first-order valence-electron chi connectivity index (χ1n) is 7.88. The highest BCUT2D eigenvalue weighted by atomic mass is 35.5. The maximum Gasteiger partial charge on any atom is 0.232 e. The van der Waals surface area contributed by atoms with Crippen molar-refractivity contribution in [3.8, 4) is 11.5 Å². The van der Waals surface area contributed by atoms with Crippen molar-refractivity contribution in [3.05, 3.63) is 64.3 Å². The van der Waals surface area contributed by atoms with Crippen molar-refractivity contribution in [2.24, 2.45) is 0 Å². The van der Waals surface area contributed by atoms with E-state index >= 15 is 0 Å². The molecule has 2 N–H and O–H groups in total. The van der Waals surface area contributed by atoms with Crippen molar-refractivity contribution in [3.63, 3.8) is 0 Å². The van der Waals surface area contributed by atoms with Crippen LogP contribution in [0.2, 0.25) is 5.02 Å². The Labute approximate surface area is 150 Å².